The van der Waals surface area contributed by atoms with Gasteiger partial charge in [0.25, 0.3) is 15.9 Å². The van der Waals surface area contributed by atoms with Gasteiger partial charge in [0.05, 0.1) is 22.3 Å². The predicted octanol–water partition coefficient (Wildman–Crippen LogP) is 4.03. The van der Waals surface area contributed by atoms with Crippen LogP contribution in [0.25, 0.3) is 10.9 Å². The number of amides is 1. The van der Waals surface area contributed by atoms with Gasteiger partial charge in [0.1, 0.15) is 12.4 Å². The maximum atomic E-state index is 13.6. The van der Waals surface area contributed by atoms with Gasteiger partial charge in [0.15, 0.2) is 0 Å². The summed E-state index contributed by atoms with van der Waals surface area (Å²) in [6.07, 6.45) is 2.91. The number of carbonyl (C=O) groups is 1. The molecule has 0 aliphatic rings. The lowest BCUT2D eigenvalue weighted by molar-refractivity contribution is -0.119. The van der Waals surface area contributed by atoms with Crippen molar-refractivity contribution in [3.63, 3.8) is 0 Å². The van der Waals surface area contributed by atoms with E-state index in [0.717, 1.165) is 15.3 Å². The molecule has 9 heteroatoms. The lowest BCUT2D eigenvalue weighted by Crippen LogP contribution is -2.39. The molecule has 4 aromatic rings. The molecule has 7 nitrogen and oxygen atoms in total. The summed E-state index contributed by atoms with van der Waals surface area (Å²) in [6.45, 7) is 1.34. The fourth-order valence-corrected chi connectivity index (χ4v) is 4.75. The zero-order valence-corrected chi connectivity index (χ0v) is 19.0. The van der Waals surface area contributed by atoms with E-state index in [1.54, 1.807) is 36.5 Å². The van der Waals surface area contributed by atoms with Gasteiger partial charge >= 0.3 is 0 Å². The Hall–Kier alpha value is -4.11. The van der Waals surface area contributed by atoms with Crippen LogP contribution < -0.4 is 9.73 Å². The molecular formula is C25H21FN4O3S. The molecule has 0 aliphatic heterocycles. The summed E-state index contributed by atoms with van der Waals surface area (Å²) in [4.78, 5) is 17.1. The van der Waals surface area contributed by atoms with Gasteiger partial charge in [-0.25, -0.2) is 18.2 Å². The Bertz CT molecular complexity index is 1450. The van der Waals surface area contributed by atoms with Crippen LogP contribution in [-0.4, -0.2) is 32.1 Å². The van der Waals surface area contributed by atoms with E-state index < -0.39 is 22.5 Å². The van der Waals surface area contributed by atoms with Crippen LogP contribution in [0.4, 0.5) is 10.1 Å². The smallest absolute Gasteiger partial charge is 0.264 e. The van der Waals surface area contributed by atoms with Crippen LogP contribution in [0.3, 0.4) is 0 Å². The number of hydrogen-bond donors (Lipinski definition) is 1. The van der Waals surface area contributed by atoms with Crippen LogP contribution in [-0.2, 0) is 14.8 Å². The molecule has 3 aromatic carbocycles. The zero-order valence-electron chi connectivity index (χ0n) is 18.2. The van der Waals surface area contributed by atoms with Crippen molar-refractivity contribution >= 4 is 38.7 Å². The summed E-state index contributed by atoms with van der Waals surface area (Å²) in [5, 5.41) is 4.60. The maximum absolute atomic E-state index is 13.6. The van der Waals surface area contributed by atoms with E-state index in [0.29, 0.717) is 11.1 Å². The van der Waals surface area contributed by atoms with Gasteiger partial charge < -0.3 is 0 Å². The Balaban J connectivity index is 1.67. The standard InChI is InChI=1S/C25H21FN4O3S/c1-18-7-13-22(14-8-18)34(32,33)30(23-6-2-4-20-5-3-15-27-25(20)23)17-24(31)29-28-16-19-9-11-21(26)12-10-19/h2-16H,17H2,1H3,(H,29,31). The Morgan fingerprint density at radius 2 is 1.74 bits per heavy atom. The minimum absolute atomic E-state index is 0.0497. The number of para-hydroxylation sites is 1. The third-order valence-electron chi connectivity index (χ3n) is 5.05. The monoisotopic (exact) mass is 476 g/mol. The van der Waals surface area contributed by atoms with Crippen molar-refractivity contribution in [2.45, 2.75) is 11.8 Å². The molecule has 1 aromatic heterocycles. The number of hydrazone groups is 1. The fraction of sp³-hybridized carbons (Fsp3) is 0.0800. The third kappa shape index (κ3) is 5.10. The van der Waals surface area contributed by atoms with Gasteiger partial charge in [-0.3, -0.25) is 14.1 Å². The molecule has 1 heterocycles. The average Bonchev–Trinajstić information content (AvgIpc) is 2.84. The molecule has 0 saturated carbocycles. The number of pyridine rings is 1. The van der Waals surface area contributed by atoms with Crippen LogP contribution in [0, 0.1) is 12.7 Å². The Morgan fingerprint density at radius 1 is 1.03 bits per heavy atom. The van der Waals surface area contributed by atoms with Gasteiger partial charge in [0.2, 0.25) is 0 Å². The normalized spacial score (nSPS) is 11.6. The van der Waals surface area contributed by atoms with E-state index in [4.69, 9.17) is 0 Å². The SMILES string of the molecule is Cc1ccc(S(=O)(=O)N(CC(=O)NN=Cc2ccc(F)cc2)c2cccc3cccnc23)cc1. The maximum Gasteiger partial charge on any atom is 0.264 e. The number of benzene rings is 3. The average molecular weight is 477 g/mol. The first-order valence-corrected chi connectivity index (χ1v) is 11.8. The van der Waals surface area contributed by atoms with E-state index >= 15 is 0 Å². The molecule has 0 fully saturated rings. The molecule has 0 radical (unpaired) electrons. The minimum atomic E-state index is -4.10. The van der Waals surface area contributed by atoms with Crippen molar-refractivity contribution in [3.8, 4) is 0 Å². The Kier molecular flexibility index (Phi) is 6.65. The number of nitrogens with zero attached hydrogens (tertiary/aromatic N) is 3. The second-order valence-electron chi connectivity index (χ2n) is 7.52. The Morgan fingerprint density at radius 3 is 2.47 bits per heavy atom. The lowest BCUT2D eigenvalue weighted by atomic mass is 10.2. The summed E-state index contributed by atoms with van der Waals surface area (Å²) >= 11 is 0. The highest BCUT2D eigenvalue weighted by atomic mass is 32.2. The highest BCUT2D eigenvalue weighted by Gasteiger charge is 2.28. The van der Waals surface area contributed by atoms with Crippen LogP contribution in [0.1, 0.15) is 11.1 Å². The molecule has 0 spiro atoms. The first-order valence-electron chi connectivity index (χ1n) is 10.4. The zero-order chi connectivity index (χ0) is 24.1. The van der Waals surface area contributed by atoms with E-state index in [2.05, 4.69) is 15.5 Å². The van der Waals surface area contributed by atoms with Crippen molar-refractivity contribution in [3.05, 3.63) is 102 Å². The number of nitrogens with one attached hydrogen (secondary N) is 1. The first kappa shape index (κ1) is 23.1. The Labute approximate surface area is 196 Å². The molecule has 1 amide bonds. The van der Waals surface area contributed by atoms with Crippen molar-refractivity contribution < 1.29 is 17.6 Å². The summed E-state index contributed by atoms with van der Waals surface area (Å²) in [6, 6.07) is 20.6. The second-order valence-corrected chi connectivity index (χ2v) is 9.38. The highest BCUT2D eigenvalue weighted by molar-refractivity contribution is 7.92. The molecular weight excluding hydrogens is 455 g/mol. The lowest BCUT2D eigenvalue weighted by Gasteiger charge is -2.24. The van der Waals surface area contributed by atoms with Crippen molar-refractivity contribution in [2.75, 3.05) is 10.8 Å². The van der Waals surface area contributed by atoms with Gasteiger partial charge in [-0.1, -0.05) is 48.0 Å². The van der Waals surface area contributed by atoms with E-state index in [9.17, 15) is 17.6 Å². The fourth-order valence-electron chi connectivity index (χ4n) is 3.32. The molecule has 34 heavy (non-hydrogen) atoms. The summed E-state index contributed by atoms with van der Waals surface area (Å²) in [5.41, 5.74) is 4.54. The number of rotatable bonds is 7. The topological polar surface area (TPSA) is 91.7 Å². The van der Waals surface area contributed by atoms with Gasteiger partial charge in [-0.2, -0.15) is 5.10 Å². The van der Waals surface area contributed by atoms with E-state index in [1.807, 2.05) is 19.1 Å². The number of halogens is 1. The summed E-state index contributed by atoms with van der Waals surface area (Å²) < 4.78 is 41.3. The molecule has 1 N–H and O–H groups in total. The predicted molar refractivity (Wildman–Crippen MR) is 130 cm³/mol. The minimum Gasteiger partial charge on any atom is -0.271 e. The van der Waals surface area contributed by atoms with Gasteiger partial charge in [-0.15, -0.1) is 0 Å². The van der Waals surface area contributed by atoms with Gasteiger partial charge in [-0.05, 0) is 48.9 Å². The molecule has 0 aliphatic carbocycles. The number of sulfonamides is 1. The molecule has 0 atom stereocenters. The van der Waals surface area contributed by atoms with Crippen molar-refractivity contribution in [1.82, 2.24) is 10.4 Å². The highest BCUT2D eigenvalue weighted by Crippen LogP contribution is 2.29. The number of hydrogen-bond acceptors (Lipinski definition) is 5. The second kappa shape index (κ2) is 9.80. The van der Waals surface area contributed by atoms with Crippen molar-refractivity contribution in [2.24, 2.45) is 5.10 Å². The summed E-state index contributed by atoms with van der Waals surface area (Å²) in [7, 11) is -4.10. The van der Waals surface area contributed by atoms with E-state index in [1.165, 1.54) is 42.6 Å². The van der Waals surface area contributed by atoms with Crippen molar-refractivity contribution in [1.29, 1.82) is 0 Å². The number of carbonyl (C=O) groups excluding carboxylic acids is 1. The van der Waals surface area contributed by atoms with Crippen LogP contribution >= 0.6 is 0 Å². The summed E-state index contributed by atoms with van der Waals surface area (Å²) in [5.74, 6) is -1.04. The van der Waals surface area contributed by atoms with Crippen LogP contribution in [0.5, 0.6) is 0 Å². The number of aromatic nitrogens is 1. The molecule has 4 rings (SSSR count). The quantitative estimate of drug-likeness (QED) is 0.322. The van der Waals surface area contributed by atoms with E-state index in [-0.39, 0.29) is 16.4 Å². The largest absolute Gasteiger partial charge is 0.271 e. The molecule has 0 unspecified atom stereocenters. The number of anilines is 1. The number of aryl methyl sites for hydroxylation is 1. The van der Waals surface area contributed by atoms with Gasteiger partial charge in [0, 0.05) is 11.6 Å². The number of fused-ring (bicyclic) bond motifs is 1. The molecule has 0 saturated heterocycles. The molecule has 172 valence electrons. The van der Waals surface area contributed by atoms with Crippen LogP contribution in [0.15, 0.2) is 95.1 Å². The first-order chi connectivity index (χ1) is 16.3. The third-order valence-corrected chi connectivity index (χ3v) is 6.82. The van der Waals surface area contributed by atoms with Crippen LogP contribution in [0.2, 0.25) is 0 Å². The molecule has 0 bridgehead atoms.